The average molecular weight is 649 g/mol. The number of aryl methyl sites for hydroxylation is 2. The molecule has 3 aromatic carbocycles. The number of thioether (sulfide) groups is 1. The number of aromatic carboxylic acids is 1. The van der Waals surface area contributed by atoms with Gasteiger partial charge in [-0.15, -0.1) is 0 Å². The van der Waals surface area contributed by atoms with Crippen molar-refractivity contribution in [2.24, 2.45) is 5.92 Å². The van der Waals surface area contributed by atoms with E-state index in [0.717, 1.165) is 52.8 Å². The van der Waals surface area contributed by atoms with Crippen molar-refractivity contribution in [3.63, 3.8) is 0 Å². The number of imidazole rings is 1. The van der Waals surface area contributed by atoms with Crippen LogP contribution in [0.2, 0.25) is 0 Å². The van der Waals surface area contributed by atoms with Crippen molar-refractivity contribution < 1.29 is 19.5 Å². The second kappa shape index (κ2) is 15.2. The van der Waals surface area contributed by atoms with Gasteiger partial charge in [-0.05, 0) is 78.3 Å². The number of pyridine rings is 1. The summed E-state index contributed by atoms with van der Waals surface area (Å²) in [6.07, 6.45) is 4.05. The summed E-state index contributed by atoms with van der Waals surface area (Å²) in [4.78, 5) is 47.3. The summed E-state index contributed by atoms with van der Waals surface area (Å²) >= 11 is 1.18. The van der Waals surface area contributed by atoms with E-state index in [1.807, 2.05) is 55.5 Å². The van der Waals surface area contributed by atoms with Crippen molar-refractivity contribution in [1.29, 1.82) is 0 Å². The normalized spacial score (nSPS) is 11.9. The number of carboxylic acid groups (broad SMARTS) is 1. The third kappa shape index (κ3) is 8.16. The van der Waals surface area contributed by atoms with E-state index in [2.05, 4.69) is 35.6 Å². The molecule has 5 aromatic rings. The molecule has 0 saturated heterocycles. The number of hydrogen-bond acceptors (Lipinski definition) is 6. The Hall–Kier alpha value is -4.76. The van der Waals surface area contributed by atoms with Crippen molar-refractivity contribution in [2.45, 2.75) is 59.5 Å². The van der Waals surface area contributed by atoms with E-state index in [-0.39, 0.29) is 22.6 Å². The molecule has 0 unspecified atom stereocenters. The van der Waals surface area contributed by atoms with Crippen LogP contribution in [-0.4, -0.2) is 48.4 Å². The summed E-state index contributed by atoms with van der Waals surface area (Å²) in [7, 11) is 0. The van der Waals surface area contributed by atoms with Gasteiger partial charge in [0.25, 0.3) is 5.91 Å². The number of benzene rings is 3. The number of carbonyl (C=O) groups is 3. The quantitative estimate of drug-likeness (QED) is 0.134. The molecule has 1 amide bonds. The van der Waals surface area contributed by atoms with Crippen molar-refractivity contribution >= 4 is 39.8 Å². The topological polar surface area (TPSA) is 114 Å². The number of nitrogens with one attached hydrogen (secondary N) is 1. The molecule has 0 aliphatic heterocycles. The average Bonchev–Trinajstić information content (AvgIpc) is 3.41. The highest BCUT2D eigenvalue weighted by Gasteiger charge is 2.21. The Morgan fingerprint density at radius 2 is 1.72 bits per heavy atom. The molecule has 0 saturated carbocycles. The molecule has 242 valence electrons. The lowest BCUT2D eigenvalue weighted by molar-refractivity contribution is 0.0697. The zero-order valence-corrected chi connectivity index (χ0v) is 28.0. The predicted molar refractivity (Wildman–Crippen MR) is 188 cm³/mol. The molecule has 0 bridgehead atoms. The van der Waals surface area contributed by atoms with E-state index < -0.39 is 5.97 Å². The fourth-order valence-corrected chi connectivity index (χ4v) is 6.64. The van der Waals surface area contributed by atoms with Gasteiger partial charge >= 0.3 is 5.97 Å². The third-order valence-electron chi connectivity index (χ3n) is 8.00. The Kier molecular flexibility index (Phi) is 10.9. The minimum atomic E-state index is -0.957. The molecular formula is C38H40N4O4S. The molecule has 47 heavy (non-hydrogen) atoms. The first-order valence-electron chi connectivity index (χ1n) is 15.9. The molecule has 8 nitrogen and oxygen atoms in total. The fraction of sp³-hybridized carbons (Fsp3) is 0.289. The number of fused-ring (bicyclic) bond motifs is 1. The second-order valence-corrected chi connectivity index (χ2v) is 13.2. The van der Waals surface area contributed by atoms with E-state index in [1.54, 1.807) is 36.5 Å². The van der Waals surface area contributed by atoms with Crippen molar-refractivity contribution in [3.05, 3.63) is 119 Å². The van der Waals surface area contributed by atoms with E-state index >= 15 is 0 Å². The SMILES string of the molecule is CCCc1nc2c(C)cc(C(=O)N[C@@H](CSC(=O)c3ccccn3)CC(C)C)cc2n1Cc1ccc(-c2ccccc2C(=O)O)cc1. The molecule has 0 radical (unpaired) electrons. The molecule has 0 fully saturated rings. The molecular weight excluding hydrogens is 609 g/mol. The van der Waals surface area contributed by atoms with Gasteiger partial charge in [-0.1, -0.05) is 81.1 Å². The Morgan fingerprint density at radius 3 is 2.40 bits per heavy atom. The Morgan fingerprint density at radius 1 is 0.979 bits per heavy atom. The molecule has 9 heteroatoms. The van der Waals surface area contributed by atoms with Crippen molar-refractivity contribution in [2.75, 3.05) is 5.75 Å². The van der Waals surface area contributed by atoms with Gasteiger partial charge in [0.05, 0.1) is 16.6 Å². The largest absolute Gasteiger partial charge is 0.478 e. The van der Waals surface area contributed by atoms with Gasteiger partial charge in [0, 0.05) is 36.5 Å². The molecule has 0 aliphatic carbocycles. The van der Waals surface area contributed by atoms with Gasteiger partial charge in [0.15, 0.2) is 0 Å². The molecule has 2 N–H and O–H groups in total. The van der Waals surface area contributed by atoms with Crippen molar-refractivity contribution in [1.82, 2.24) is 19.9 Å². The predicted octanol–water partition coefficient (Wildman–Crippen LogP) is 7.82. The second-order valence-electron chi connectivity index (χ2n) is 12.2. The standard InChI is InChI=1S/C38H40N4O4S/c1-5-10-34-41-35-25(4)20-28(36(43)40-29(19-24(2)3)23-47-38(46)32-13-8-9-18-39-32)21-33(35)42(34)22-26-14-16-27(17-15-26)30-11-6-7-12-31(30)37(44)45/h6-9,11-18,20-21,24,29H,5,10,19,22-23H2,1-4H3,(H,40,43)(H,44,45)/t29-/m1/s1. The summed E-state index contributed by atoms with van der Waals surface area (Å²) in [5.41, 5.74) is 6.45. The van der Waals surface area contributed by atoms with Gasteiger partial charge in [-0.25, -0.2) is 9.78 Å². The van der Waals surface area contributed by atoms with E-state index in [0.29, 0.717) is 35.0 Å². The van der Waals surface area contributed by atoms with E-state index in [4.69, 9.17) is 4.98 Å². The lowest BCUT2D eigenvalue weighted by Crippen LogP contribution is -2.38. The highest BCUT2D eigenvalue weighted by Crippen LogP contribution is 2.27. The van der Waals surface area contributed by atoms with Gasteiger partial charge in [-0.2, -0.15) is 0 Å². The van der Waals surface area contributed by atoms with E-state index in [9.17, 15) is 19.5 Å². The van der Waals surface area contributed by atoms with Crippen LogP contribution >= 0.6 is 11.8 Å². The highest BCUT2D eigenvalue weighted by atomic mass is 32.2. The Bertz CT molecular complexity index is 1880. The van der Waals surface area contributed by atoms with Crippen LogP contribution < -0.4 is 5.32 Å². The zero-order valence-electron chi connectivity index (χ0n) is 27.2. The summed E-state index contributed by atoms with van der Waals surface area (Å²) < 4.78 is 2.18. The number of hydrogen-bond donors (Lipinski definition) is 2. The van der Waals surface area contributed by atoms with Crippen LogP contribution in [-0.2, 0) is 13.0 Å². The maximum absolute atomic E-state index is 13.7. The number of nitrogens with zero attached hydrogens (tertiary/aromatic N) is 3. The summed E-state index contributed by atoms with van der Waals surface area (Å²) in [5, 5.41) is 12.7. The number of amides is 1. The zero-order chi connectivity index (χ0) is 33.5. The maximum Gasteiger partial charge on any atom is 0.336 e. The monoisotopic (exact) mass is 648 g/mol. The fourth-order valence-electron chi connectivity index (χ4n) is 5.80. The lowest BCUT2D eigenvalue weighted by Gasteiger charge is -2.20. The highest BCUT2D eigenvalue weighted by molar-refractivity contribution is 8.14. The summed E-state index contributed by atoms with van der Waals surface area (Å²) in [5.74, 6) is 0.591. The molecule has 0 aliphatic rings. The first-order valence-corrected chi connectivity index (χ1v) is 16.9. The first-order chi connectivity index (χ1) is 22.6. The summed E-state index contributed by atoms with van der Waals surface area (Å²) in [6, 6.07) is 23.8. The maximum atomic E-state index is 13.7. The van der Waals surface area contributed by atoms with Gasteiger partial charge in [0.1, 0.15) is 11.5 Å². The van der Waals surface area contributed by atoms with Crippen LogP contribution in [0.15, 0.2) is 85.1 Å². The minimum Gasteiger partial charge on any atom is -0.478 e. The third-order valence-corrected chi connectivity index (χ3v) is 9.04. The summed E-state index contributed by atoms with van der Waals surface area (Å²) in [6.45, 7) is 8.86. The first kappa shape index (κ1) is 33.6. The van der Waals surface area contributed by atoms with Crippen LogP contribution in [0.5, 0.6) is 0 Å². The molecule has 2 aromatic heterocycles. The Labute approximate surface area is 279 Å². The van der Waals surface area contributed by atoms with Crippen LogP contribution in [0.3, 0.4) is 0 Å². The minimum absolute atomic E-state index is 0.114. The van der Waals surface area contributed by atoms with Gasteiger partial charge in [0.2, 0.25) is 5.12 Å². The molecule has 1 atom stereocenters. The van der Waals surface area contributed by atoms with Crippen LogP contribution in [0.25, 0.3) is 22.2 Å². The lowest BCUT2D eigenvalue weighted by atomic mass is 9.98. The van der Waals surface area contributed by atoms with Crippen LogP contribution in [0.1, 0.15) is 81.8 Å². The number of rotatable bonds is 13. The number of aromatic nitrogens is 3. The molecule has 5 rings (SSSR count). The Balaban J connectivity index is 1.40. The number of carboxylic acids is 1. The molecule has 2 heterocycles. The number of carbonyl (C=O) groups excluding carboxylic acids is 2. The molecule has 0 spiro atoms. The van der Waals surface area contributed by atoms with Gasteiger partial charge < -0.3 is 15.0 Å². The van der Waals surface area contributed by atoms with Crippen molar-refractivity contribution in [3.8, 4) is 11.1 Å². The van der Waals surface area contributed by atoms with Crippen LogP contribution in [0, 0.1) is 12.8 Å². The van der Waals surface area contributed by atoms with E-state index in [1.165, 1.54) is 11.8 Å². The smallest absolute Gasteiger partial charge is 0.336 e. The van der Waals surface area contributed by atoms with Gasteiger partial charge in [-0.3, -0.25) is 14.6 Å². The van der Waals surface area contributed by atoms with Crippen LogP contribution in [0.4, 0.5) is 0 Å².